The summed E-state index contributed by atoms with van der Waals surface area (Å²) in [6.45, 7) is 5.10. The molecule has 110 valence electrons. The van der Waals surface area contributed by atoms with Crippen LogP contribution in [-0.4, -0.2) is 39.5 Å². The summed E-state index contributed by atoms with van der Waals surface area (Å²) in [6.07, 6.45) is 1.62. The number of aromatic nitrogens is 1. The van der Waals surface area contributed by atoms with Crippen molar-refractivity contribution in [3.8, 4) is 0 Å². The highest BCUT2D eigenvalue weighted by Crippen LogP contribution is 2.07. The molecule has 6 nitrogen and oxygen atoms in total. The van der Waals surface area contributed by atoms with Gasteiger partial charge in [0.15, 0.2) is 0 Å². The summed E-state index contributed by atoms with van der Waals surface area (Å²) in [5.74, 6) is -1.52. The van der Waals surface area contributed by atoms with Crippen molar-refractivity contribution in [3.05, 3.63) is 33.7 Å². The molecule has 0 saturated heterocycles. The molecular weight excluding hydrogens is 260 g/mol. The molecule has 0 unspecified atom stereocenters. The van der Waals surface area contributed by atoms with Gasteiger partial charge in [0.05, 0.1) is 0 Å². The van der Waals surface area contributed by atoms with Gasteiger partial charge in [-0.1, -0.05) is 13.8 Å². The highest BCUT2D eigenvalue weighted by Gasteiger charge is 2.18. The van der Waals surface area contributed by atoms with E-state index >= 15 is 0 Å². The molecule has 0 aliphatic heterocycles. The normalized spacial score (nSPS) is 10.3. The fourth-order valence-electron chi connectivity index (χ4n) is 2.00. The molecule has 0 atom stereocenters. The smallest absolute Gasteiger partial charge is 0.352 e. The fourth-order valence-corrected chi connectivity index (χ4v) is 2.00. The lowest BCUT2D eigenvalue weighted by atomic mass is 10.1. The average Bonchev–Trinajstić information content (AvgIpc) is 2.40. The van der Waals surface area contributed by atoms with E-state index in [1.807, 2.05) is 13.8 Å². The molecule has 1 heterocycles. The van der Waals surface area contributed by atoms with Gasteiger partial charge in [0.2, 0.25) is 0 Å². The Labute approximate surface area is 117 Å². The van der Waals surface area contributed by atoms with Gasteiger partial charge in [-0.25, -0.2) is 4.79 Å². The predicted molar refractivity (Wildman–Crippen MR) is 75.1 cm³/mol. The van der Waals surface area contributed by atoms with Crippen LogP contribution in [0.2, 0.25) is 0 Å². The third-order valence-corrected chi connectivity index (χ3v) is 3.00. The van der Waals surface area contributed by atoms with Crippen LogP contribution in [0.25, 0.3) is 0 Å². The number of carboxylic acids is 1. The van der Waals surface area contributed by atoms with Gasteiger partial charge in [-0.05, 0) is 18.9 Å². The minimum atomic E-state index is -1.23. The molecule has 1 N–H and O–H groups in total. The van der Waals surface area contributed by atoms with Crippen LogP contribution in [-0.2, 0) is 7.05 Å². The van der Waals surface area contributed by atoms with Crippen molar-refractivity contribution in [1.29, 1.82) is 0 Å². The second-order valence-corrected chi connectivity index (χ2v) is 4.62. The maximum absolute atomic E-state index is 12.3. The molecule has 0 aliphatic carbocycles. The van der Waals surface area contributed by atoms with Crippen LogP contribution in [0.3, 0.4) is 0 Å². The Balaban J connectivity index is 3.21. The van der Waals surface area contributed by atoms with Crippen LogP contribution in [0, 0.1) is 0 Å². The first-order valence-electron chi connectivity index (χ1n) is 6.66. The van der Waals surface area contributed by atoms with Crippen molar-refractivity contribution >= 4 is 11.9 Å². The van der Waals surface area contributed by atoms with Gasteiger partial charge < -0.3 is 14.6 Å². The third-order valence-electron chi connectivity index (χ3n) is 3.00. The first-order valence-corrected chi connectivity index (χ1v) is 6.66. The topological polar surface area (TPSA) is 79.6 Å². The lowest BCUT2D eigenvalue weighted by molar-refractivity contribution is 0.0685. The van der Waals surface area contributed by atoms with Gasteiger partial charge in [-0.2, -0.15) is 0 Å². The molecule has 6 heteroatoms. The Morgan fingerprint density at radius 2 is 1.75 bits per heavy atom. The van der Waals surface area contributed by atoms with E-state index in [4.69, 9.17) is 5.11 Å². The monoisotopic (exact) mass is 280 g/mol. The maximum Gasteiger partial charge on any atom is 0.352 e. The molecule has 1 rings (SSSR count). The van der Waals surface area contributed by atoms with E-state index in [0.717, 1.165) is 17.4 Å². The lowest BCUT2D eigenvalue weighted by Gasteiger charge is -2.21. The fraction of sp³-hybridized carbons (Fsp3) is 0.500. The summed E-state index contributed by atoms with van der Waals surface area (Å²) < 4.78 is 1.02. The van der Waals surface area contributed by atoms with Gasteiger partial charge in [-0.15, -0.1) is 0 Å². The van der Waals surface area contributed by atoms with Crippen molar-refractivity contribution in [2.75, 3.05) is 13.1 Å². The minimum Gasteiger partial charge on any atom is -0.477 e. The van der Waals surface area contributed by atoms with Gasteiger partial charge in [-0.3, -0.25) is 9.59 Å². The molecule has 0 spiro atoms. The maximum atomic E-state index is 12.3. The number of rotatable bonds is 6. The lowest BCUT2D eigenvalue weighted by Crippen LogP contribution is -2.34. The molecule has 0 fully saturated rings. The molecule has 0 aliphatic rings. The second kappa shape index (κ2) is 6.88. The number of hydrogen-bond acceptors (Lipinski definition) is 3. The van der Waals surface area contributed by atoms with E-state index in [2.05, 4.69) is 0 Å². The van der Waals surface area contributed by atoms with E-state index in [0.29, 0.717) is 13.1 Å². The van der Waals surface area contributed by atoms with E-state index in [1.165, 1.54) is 19.2 Å². The minimum absolute atomic E-state index is 0.132. The van der Waals surface area contributed by atoms with Crippen LogP contribution >= 0.6 is 0 Å². The van der Waals surface area contributed by atoms with E-state index in [9.17, 15) is 14.4 Å². The molecule has 1 aromatic rings. The molecular formula is C14H20N2O4. The molecule has 0 aromatic carbocycles. The van der Waals surface area contributed by atoms with Crippen molar-refractivity contribution < 1.29 is 14.7 Å². The van der Waals surface area contributed by atoms with Crippen molar-refractivity contribution in [1.82, 2.24) is 9.47 Å². The Bertz CT molecular complexity index is 557. The molecule has 1 aromatic heterocycles. The van der Waals surface area contributed by atoms with Gasteiger partial charge in [0.25, 0.3) is 11.5 Å². The number of pyridine rings is 1. The van der Waals surface area contributed by atoms with Crippen LogP contribution in [0.4, 0.5) is 0 Å². The van der Waals surface area contributed by atoms with Crippen LogP contribution in [0.1, 0.15) is 47.5 Å². The third kappa shape index (κ3) is 3.46. The summed E-state index contributed by atoms with van der Waals surface area (Å²) in [5, 5.41) is 9.06. The summed E-state index contributed by atoms with van der Waals surface area (Å²) in [6, 6.07) is 2.44. The molecule has 0 saturated carbocycles. The van der Waals surface area contributed by atoms with Crippen molar-refractivity contribution in [3.63, 3.8) is 0 Å². The highest BCUT2D eigenvalue weighted by molar-refractivity contribution is 5.96. The zero-order chi connectivity index (χ0) is 15.3. The second-order valence-electron chi connectivity index (χ2n) is 4.62. The molecule has 0 radical (unpaired) electrons. The number of hydrogen-bond donors (Lipinski definition) is 1. The summed E-state index contributed by atoms with van der Waals surface area (Å²) in [4.78, 5) is 36.8. The zero-order valence-electron chi connectivity index (χ0n) is 12.0. The number of carbonyl (C=O) groups excluding carboxylic acids is 1. The van der Waals surface area contributed by atoms with Crippen LogP contribution in [0.15, 0.2) is 16.9 Å². The van der Waals surface area contributed by atoms with Gasteiger partial charge >= 0.3 is 5.97 Å². The Morgan fingerprint density at radius 1 is 1.20 bits per heavy atom. The first kappa shape index (κ1) is 15.9. The molecule has 0 bridgehead atoms. The average molecular weight is 280 g/mol. The summed E-state index contributed by atoms with van der Waals surface area (Å²) in [7, 11) is 1.37. The number of aromatic carboxylic acids is 1. The van der Waals surface area contributed by atoms with E-state index in [-0.39, 0.29) is 17.2 Å². The van der Waals surface area contributed by atoms with Gasteiger partial charge in [0.1, 0.15) is 5.69 Å². The zero-order valence-corrected chi connectivity index (χ0v) is 12.0. The van der Waals surface area contributed by atoms with E-state index in [1.54, 1.807) is 4.90 Å². The first-order chi connectivity index (χ1) is 9.42. The van der Waals surface area contributed by atoms with E-state index < -0.39 is 11.5 Å². The number of carboxylic acid groups (broad SMARTS) is 1. The van der Waals surface area contributed by atoms with Crippen LogP contribution in [0.5, 0.6) is 0 Å². The SMILES string of the molecule is CCCN(CCC)C(=O)c1cc(C(=O)O)n(C)c(=O)c1. The molecule has 1 amide bonds. The summed E-state index contributed by atoms with van der Waals surface area (Å²) >= 11 is 0. The molecule has 20 heavy (non-hydrogen) atoms. The number of carbonyl (C=O) groups is 2. The largest absolute Gasteiger partial charge is 0.477 e. The highest BCUT2D eigenvalue weighted by atomic mass is 16.4. The predicted octanol–water partition coefficient (Wildman–Crippen LogP) is 1.35. The Morgan fingerprint density at radius 3 is 2.20 bits per heavy atom. The summed E-state index contributed by atoms with van der Waals surface area (Å²) in [5.41, 5.74) is -0.553. The Hall–Kier alpha value is -2.11. The Kier molecular flexibility index (Phi) is 5.49. The number of amides is 1. The van der Waals surface area contributed by atoms with Gasteiger partial charge in [0, 0.05) is 31.8 Å². The quantitative estimate of drug-likeness (QED) is 0.853. The van der Waals surface area contributed by atoms with Crippen LogP contribution < -0.4 is 5.56 Å². The number of nitrogens with zero attached hydrogens (tertiary/aromatic N) is 2. The van der Waals surface area contributed by atoms with Crippen molar-refractivity contribution in [2.24, 2.45) is 7.05 Å². The standard InChI is InChI=1S/C14H20N2O4/c1-4-6-16(7-5-2)13(18)10-8-11(14(19)20)15(3)12(17)9-10/h8-9H,4-7H2,1-3H3,(H,19,20). The van der Waals surface area contributed by atoms with Crippen molar-refractivity contribution in [2.45, 2.75) is 26.7 Å².